The Morgan fingerprint density at radius 1 is 1.06 bits per heavy atom. The summed E-state index contributed by atoms with van der Waals surface area (Å²) in [4.78, 5) is 0. The van der Waals surface area contributed by atoms with E-state index in [1.165, 1.54) is 0 Å². The van der Waals surface area contributed by atoms with Crippen molar-refractivity contribution in [3.63, 3.8) is 0 Å². The van der Waals surface area contributed by atoms with Gasteiger partial charge >= 0.3 is 0 Å². The highest BCUT2D eigenvalue weighted by Gasteiger charge is 2.31. The molecule has 2 N–H and O–H groups in total. The van der Waals surface area contributed by atoms with Crippen LogP contribution >= 0.6 is 0 Å². The quantitative estimate of drug-likeness (QED) is 0.715. The van der Waals surface area contributed by atoms with Crippen molar-refractivity contribution in [2.45, 2.75) is 44.9 Å². The molecule has 17 heavy (non-hydrogen) atoms. The smallest absolute Gasteiger partial charge is 0.0550 e. The fourth-order valence-corrected chi connectivity index (χ4v) is 2.39. The lowest BCUT2D eigenvalue weighted by atomic mass is 9.76. The summed E-state index contributed by atoms with van der Waals surface area (Å²) < 4.78 is 0. The van der Waals surface area contributed by atoms with Gasteiger partial charge in [-0.05, 0) is 24.5 Å². The van der Waals surface area contributed by atoms with Gasteiger partial charge in [0.2, 0.25) is 0 Å². The molecule has 1 aromatic rings. The average molecular weight is 236 g/mol. The molecule has 96 valence electrons. The molecule has 1 aromatic carbocycles. The molecule has 0 aromatic heterocycles. The first-order valence-electron chi connectivity index (χ1n) is 6.48. The van der Waals surface area contributed by atoms with E-state index in [2.05, 4.69) is 6.92 Å². The summed E-state index contributed by atoms with van der Waals surface area (Å²) in [7, 11) is 0. The number of hydrogen-bond acceptors (Lipinski definition) is 2. The molecule has 0 saturated carbocycles. The SMILES string of the molecule is CCCCCC(CO)(CO)c1ccccc1C. The monoisotopic (exact) mass is 236 g/mol. The summed E-state index contributed by atoms with van der Waals surface area (Å²) in [6.45, 7) is 4.22. The van der Waals surface area contributed by atoms with Crippen LogP contribution in [0.5, 0.6) is 0 Å². The van der Waals surface area contributed by atoms with E-state index in [-0.39, 0.29) is 13.2 Å². The van der Waals surface area contributed by atoms with Crippen LogP contribution in [0.2, 0.25) is 0 Å². The second kappa shape index (κ2) is 6.77. The minimum Gasteiger partial charge on any atom is -0.395 e. The number of unbranched alkanes of at least 4 members (excludes halogenated alkanes) is 2. The fourth-order valence-electron chi connectivity index (χ4n) is 2.39. The van der Waals surface area contributed by atoms with Crippen LogP contribution in [0.3, 0.4) is 0 Å². The first kappa shape index (κ1) is 14.2. The molecule has 0 heterocycles. The Bertz CT molecular complexity index is 329. The van der Waals surface area contributed by atoms with Gasteiger partial charge < -0.3 is 10.2 Å². The van der Waals surface area contributed by atoms with E-state index in [0.29, 0.717) is 0 Å². The molecule has 0 spiro atoms. The highest BCUT2D eigenvalue weighted by Crippen LogP contribution is 2.31. The molecule has 2 heteroatoms. The van der Waals surface area contributed by atoms with E-state index < -0.39 is 5.41 Å². The van der Waals surface area contributed by atoms with E-state index in [1.807, 2.05) is 31.2 Å². The molecule has 0 saturated heterocycles. The zero-order valence-electron chi connectivity index (χ0n) is 10.9. The average Bonchev–Trinajstić information content (AvgIpc) is 2.36. The lowest BCUT2D eigenvalue weighted by molar-refractivity contribution is 0.106. The second-order valence-corrected chi connectivity index (χ2v) is 4.87. The third kappa shape index (κ3) is 3.30. The van der Waals surface area contributed by atoms with Crippen molar-refractivity contribution in [3.8, 4) is 0 Å². The van der Waals surface area contributed by atoms with Gasteiger partial charge in [-0.3, -0.25) is 0 Å². The molecule has 0 radical (unpaired) electrons. The maximum Gasteiger partial charge on any atom is 0.0550 e. The maximum absolute atomic E-state index is 9.69. The van der Waals surface area contributed by atoms with Gasteiger partial charge in [-0.25, -0.2) is 0 Å². The molecule has 0 amide bonds. The Hall–Kier alpha value is -0.860. The van der Waals surface area contributed by atoms with Gasteiger partial charge in [0, 0.05) is 5.41 Å². The van der Waals surface area contributed by atoms with Crippen molar-refractivity contribution >= 4 is 0 Å². The predicted molar refractivity (Wildman–Crippen MR) is 71.2 cm³/mol. The van der Waals surface area contributed by atoms with Crippen LogP contribution in [0.15, 0.2) is 24.3 Å². The van der Waals surface area contributed by atoms with Crippen LogP contribution in [0.25, 0.3) is 0 Å². The molecule has 0 aliphatic heterocycles. The Kier molecular flexibility index (Phi) is 5.66. The normalized spacial score (nSPS) is 11.8. The molecule has 0 atom stereocenters. The van der Waals surface area contributed by atoms with E-state index in [9.17, 15) is 10.2 Å². The summed E-state index contributed by atoms with van der Waals surface area (Å²) in [6, 6.07) is 8.02. The highest BCUT2D eigenvalue weighted by molar-refractivity contribution is 5.33. The van der Waals surface area contributed by atoms with Crippen molar-refractivity contribution in [1.29, 1.82) is 0 Å². The number of aliphatic hydroxyl groups is 2. The van der Waals surface area contributed by atoms with Crippen molar-refractivity contribution in [1.82, 2.24) is 0 Å². The zero-order valence-corrected chi connectivity index (χ0v) is 10.9. The summed E-state index contributed by atoms with van der Waals surface area (Å²) in [6.07, 6.45) is 4.19. The maximum atomic E-state index is 9.69. The molecule has 0 bridgehead atoms. The minimum absolute atomic E-state index is 0.0120. The molecule has 0 aliphatic rings. The molecular formula is C15H24O2. The second-order valence-electron chi connectivity index (χ2n) is 4.87. The first-order chi connectivity index (χ1) is 8.20. The largest absolute Gasteiger partial charge is 0.395 e. The highest BCUT2D eigenvalue weighted by atomic mass is 16.3. The van der Waals surface area contributed by atoms with Gasteiger partial charge in [0.25, 0.3) is 0 Å². The van der Waals surface area contributed by atoms with E-state index in [0.717, 1.165) is 36.8 Å². The zero-order chi connectivity index (χ0) is 12.7. The van der Waals surface area contributed by atoms with Gasteiger partial charge in [-0.15, -0.1) is 0 Å². The fraction of sp³-hybridized carbons (Fsp3) is 0.600. The Morgan fingerprint density at radius 2 is 1.71 bits per heavy atom. The van der Waals surface area contributed by atoms with Gasteiger partial charge in [-0.2, -0.15) is 0 Å². The Balaban J connectivity index is 2.94. The molecular weight excluding hydrogens is 212 g/mol. The molecule has 0 unspecified atom stereocenters. The summed E-state index contributed by atoms with van der Waals surface area (Å²) in [5.74, 6) is 0. The Morgan fingerprint density at radius 3 is 2.24 bits per heavy atom. The van der Waals surface area contributed by atoms with Gasteiger partial charge in [0.05, 0.1) is 13.2 Å². The number of rotatable bonds is 7. The summed E-state index contributed by atoms with van der Waals surface area (Å²) in [5.41, 5.74) is 1.76. The van der Waals surface area contributed by atoms with Crippen LogP contribution in [0, 0.1) is 6.92 Å². The van der Waals surface area contributed by atoms with Crippen LogP contribution in [0.1, 0.15) is 43.7 Å². The van der Waals surface area contributed by atoms with Crippen LogP contribution < -0.4 is 0 Å². The molecule has 2 nitrogen and oxygen atoms in total. The van der Waals surface area contributed by atoms with Crippen molar-refractivity contribution in [2.24, 2.45) is 0 Å². The third-order valence-corrected chi connectivity index (χ3v) is 3.58. The number of aryl methyl sites for hydroxylation is 1. The van der Waals surface area contributed by atoms with E-state index in [4.69, 9.17) is 0 Å². The third-order valence-electron chi connectivity index (χ3n) is 3.58. The molecule has 1 rings (SSSR count). The van der Waals surface area contributed by atoms with Crippen molar-refractivity contribution in [3.05, 3.63) is 35.4 Å². The van der Waals surface area contributed by atoms with Crippen LogP contribution in [-0.4, -0.2) is 23.4 Å². The van der Waals surface area contributed by atoms with Crippen LogP contribution in [-0.2, 0) is 5.41 Å². The number of hydrogen-bond donors (Lipinski definition) is 2. The van der Waals surface area contributed by atoms with Crippen molar-refractivity contribution in [2.75, 3.05) is 13.2 Å². The predicted octanol–water partition coefficient (Wildman–Crippen LogP) is 2.80. The summed E-state index contributed by atoms with van der Waals surface area (Å²) >= 11 is 0. The van der Waals surface area contributed by atoms with Crippen molar-refractivity contribution < 1.29 is 10.2 Å². The van der Waals surface area contributed by atoms with Gasteiger partial charge in [-0.1, -0.05) is 50.5 Å². The standard InChI is InChI=1S/C15H24O2/c1-3-4-7-10-15(11-16,12-17)14-9-6-5-8-13(14)2/h5-6,8-9,16-17H,3-4,7,10-12H2,1-2H3. The van der Waals surface area contributed by atoms with Crippen LogP contribution in [0.4, 0.5) is 0 Å². The lowest BCUT2D eigenvalue weighted by Crippen LogP contribution is -2.35. The van der Waals surface area contributed by atoms with Gasteiger partial charge in [0.1, 0.15) is 0 Å². The van der Waals surface area contributed by atoms with E-state index in [1.54, 1.807) is 0 Å². The Labute approximate surface area is 104 Å². The van der Waals surface area contributed by atoms with E-state index >= 15 is 0 Å². The number of benzene rings is 1. The first-order valence-corrected chi connectivity index (χ1v) is 6.48. The van der Waals surface area contributed by atoms with Gasteiger partial charge in [0.15, 0.2) is 0 Å². The minimum atomic E-state index is -0.472. The lowest BCUT2D eigenvalue weighted by Gasteiger charge is -2.32. The molecule has 0 aliphatic carbocycles. The summed E-state index contributed by atoms with van der Waals surface area (Å²) in [5, 5.41) is 19.4. The topological polar surface area (TPSA) is 40.5 Å². The molecule has 0 fully saturated rings. The number of aliphatic hydroxyl groups excluding tert-OH is 2.